The maximum absolute atomic E-state index is 12.3. The van der Waals surface area contributed by atoms with Crippen molar-refractivity contribution in [3.05, 3.63) is 42.7 Å². The molecule has 0 radical (unpaired) electrons. The number of rotatable bonds is 5. The minimum absolute atomic E-state index is 0.244. The van der Waals surface area contributed by atoms with E-state index in [2.05, 4.69) is 32.1 Å². The van der Waals surface area contributed by atoms with Crippen LogP contribution in [0, 0.1) is 0 Å². The average molecular weight is 341 g/mol. The third kappa shape index (κ3) is 4.67. The molecular weight excluding hydrogens is 318 g/mol. The van der Waals surface area contributed by atoms with Gasteiger partial charge in [-0.2, -0.15) is 0 Å². The van der Waals surface area contributed by atoms with Gasteiger partial charge in [0.15, 0.2) is 6.10 Å². The number of hydrogen-bond donors (Lipinski definition) is 1. The van der Waals surface area contributed by atoms with E-state index in [0.29, 0.717) is 11.6 Å². The Labute approximate surface area is 147 Å². The largest absolute Gasteiger partial charge is 0.481 e. The SMILES string of the molecule is CC(Oc1ccccc1)C(=O)Nc1cc(N2CCN(C)CC2)ncn1. The summed E-state index contributed by atoms with van der Waals surface area (Å²) >= 11 is 0. The van der Waals surface area contributed by atoms with Crippen LogP contribution < -0.4 is 15.0 Å². The van der Waals surface area contributed by atoms with Crippen molar-refractivity contribution in [1.82, 2.24) is 14.9 Å². The van der Waals surface area contributed by atoms with Crippen LogP contribution in [0.4, 0.5) is 11.6 Å². The minimum Gasteiger partial charge on any atom is -0.481 e. The second-order valence-corrected chi connectivity index (χ2v) is 6.11. The van der Waals surface area contributed by atoms with Crippen molar-refractivity contribution >= 4 is 17.5 Å². The van der Waals surface area contributed by atoms with Crippen molar-refractivity contribution < 1.29 is 9.53 Å². The van der Waals surface area contributed by atoms with Crippen LogP contribution in [0.15, 0.2) is 42.7 Å². The van der Waals surface area contributed by atoms with Crippen LogP contribution in [-0.4, -0.2) is 60.1 Å². The van der Waals surface area contributed by atoms with Crippen molar-refractivity contribution in [2.75, 3.05) is 43.4 Å². The van der Waals surface area contributed by atoms with Gasteiger partial charge in [-0.05, 0) is 26.1 Å². The molecule has 0 spiro atoms. The second-order valence-electron chi connectivity index (χ2n) is 6.11. The fraction of sp³-hybridized carbons (Fsp3) is 0.389. The van der Waals surface area contributed by atoms with E-state index in [4.69, 9.17) is 4.74 Å². The Bertz CT molecular complexity index is 702. The number of benzene rings is 1. The lowest BCUT2D eigenvalue weighted by Crippen LogP contribution is -2.44. The quantitative estimate of drug-likeness (QED) is 0.891. The van der Waals surface area contributed by atoms with Crippen LogP contribution in [0.25, 0.3) is 0 Å². The molecule has 0 bridgehead atoms. The zero-order valence-corrected chi connectivity index (χ0v) is 14.6. The topological polar surface area (TPSA) is 70.6 Å². The molecule has 7 heteroatoms. The zero-order chi connectivity index (χ0) is 17.6. The Kier molecular flexibility index (Phi) is 5.45. The second kappa shape index (κ2) is 7.94. The molecule has 1 saturated heterocycles. The van der Waals surface area contributed by atoms with Crippen molar-refractivity contribution in [2.24, 2.45) is 0 Å². The van der Waals surface area contributed by atoms with Gasteiger partial charge in [0.1, 0.15) is 23.7 Å². The highest BCUT2D eigenvalue weighted by Crippen LogP contribution is 2.17. The highest BCUT2D eigenvalue weighted by molar-refractivity contribution is 5.93. The molecule has 0 aliphatic carbocycles. The number of anilines is 2. The lowest BCUT2D eigenvalue weighted by atomic mass is 10.3. The number of aromatic nitrogens is 2. The van der Waals surface area contributed by atoms with E-state index < -0.39 is 6.10 Å². The molecular formula is C18H23N5O2. The number of para-hydroxylation sites is 1. The molecule has 25 heavy (non-hydrogen) atoms. The van der Waals surface area contributed by atoms with Crippen LogP contribution in [0.1, 0.15) is 6.92 Å². The molecule has 2 aromatic rings. The Hall–Kier alpha value is -2.67. The molecule has 7 nitrogen and oxygen atoms in total. The maximum Gasteiger partial charge on any atom is 0.266 e. The summed E-state index contributed by atoms with van der Waals surface area (Å²) in [7, 11) is 2.11. The Balaban J connectivity index is 1.60. The Morgan fingerprint density at radius 1 is 1.16 bits per heavy atom. The predicted molar refractivity (Wildman–Crippen MR) is 96.9 cm³/mol. The molecule has 1 unspecified atom stereocenters. The van der Waals surface area contributed by atoms with E-state index in [-0.39, 0.29) is 5.91 Å². The number of likely N-dealkylation sites (N-methyl/N-ethyl adjacent to an activating group) is 1. The summed E-state index contributed by atoms with van der Waals surface area (Å²) in [5, 5.41) is 2.80. The highest BCUT2D eigenvalue weighted by Gasteiger charge is 2.18. The van der Waals surface area contributed by atoms with Crippen molar-refractivity contribution in [1.29, 1.82) is 0 Å². The number of hydrogen-bond acceptors (Lipinski definition) is 6. The lowest BCUT2D eigenvalue weighted by Gasteiger charge is -2.33. The summed E-state index contributed by atoms with van der Waals surface area (Å²) in [5.41, 5.74) is 0. The van der Waals surface area contributed by atoms with Crippen LogP contribution in [-0.2, 0) is 4.79 Å². The minimum atomic E-state index is -0.621. The van der Waals surface area contributed by atoms with Gasteiger partial charge < -0.3 is 19.9 Å². The van der Waals surface area contributed by atoms with E-state index in [1.165, 1.54) is 6.33 Å². The number of amides is 1. The molecule has 0 saturated carbocycles. The number of carbonyl (C=O) groups is 1. The first-order chi connectivity index (χ1) is 12.1. The number of ether oxygens (including phenoxy) is 1. The summed E-state index contributed by atoms with van der Waals surface area (Å²) in [4.78, 5) is 25.3. The van der Waals surface area contributed by atoms with Crippen LogP contribution in [0.3, 0.4) is 0 Å². The zero-order valence-electron chi connectivity index (χ0n) is 14.6. The molecule has 1 amide bonds. The molecule has 1 aromatic carbocycles. The molecule has 1 aliphatic heterocycles. The van der Waals surface area contributed by atoms with Gasteiger partial charge in [-0.25, -0.2) is 9.97 Å². The van der Waals surface area contributed by atoms with Crippen molar-refractivity contribution in [2.45, 2.75) is 13.0 Å². The molecule has 2 heterocycles. The summed E-state index contributed by atoms with van der Waals surface area (Å²) in [6, 6.07) is 11.1. The number of carbonyl (C=O) groups excluding carboxylic acids is 1. The van der Waals surface area contributed by atoms with Gasteiger partial charge in [-0.1, -0.05) is 18.2 Å². The van der Waals surface area contributed by atoms with E-state index in [1.807, 2.05) is 30.3 Å². The van der Waals surface area contributed by atoms with Crippen LogP contribution in [0.2, 0.25) is 0 Å². The van der Waals surface area contributed by atoms with Gasteiger partial charge in [0, 0.05) is 32.2 Å². The molecule has 1 fully saturated rings. The lowest BCUT2D eigenvalue weighted by molar-refractivity contribution is -0.122. The van der Waals surface area contributed by atoms with E-state index in [0.717, 1.165) is 32.0 Å². The average Bonchev–Trinajstić information content (AvgIpc) is 2.63. The van der Waals surface area contributed by atoms with Crippen molar-refractivity contribution in [3.8, 4) is 5.75 Å². The fourth-order valence-electron chi connectivity index (χ4n) is 2.61. The number of nitrogens with zero attached hydrogens (tertiary/aromatic N) is 4. The number of piperazine rings is 1. The third-order valence-corrected chi connectivity index (χ3v) is 4.16. The first-order valence-electron chi connectivity index (χ1n) is 8.40. The normalized spacial score (nSPS) is 16.3. The van der Waals surface area contributed by atoms with Gasteiger partial charge in [-0.15, -0.1) is 0 Å². The first kappa shape index (κ1) is 17.2. The number of nitrogens with one attached hydrogen (secondary N) is 1. The molecule has 3 rings (SSSR count). The molecule has 1 aliphatic rings. The first-order valence-corrected chi connectivity index (χ1v) is 8.40. The standard InChI is InChI=1S/C18H23N5O2/c1-14(25-15-6-4-3-5-7-15)18(24)21-16-12-17(20-13-19-16)23-10-8-22(2)9-11-23/h3-7,12-14H,8-11H2,1-2H3,(H,19,20,21,24). The van der Waals surface area contributed by atoms with E-state index in [9.17, 15) is 4.79 Å². The Morgan fingerprint density at radius 2 is 1.88 bits per heavy atom. The fourth-order valence-corrected chi connectivity index (χ4v) is 2.61. The van der Waals surface area contributed by atoms with Crippen LogP contribution in [0.5, 0.6) is 5.75 Å². The molecule has 1 atom stereocenters. The highest BCUT2D eigenvalue weighted by atomic mass is 16.5. The smallest absolute Gasteiger partial charge is 0.266 e. The third-order valence-electron chi connectivity index (χ3n) is 4.16. The maximum atomic E-state index is 12.3. The summed E-state index contributed by atoms with van der Waals surface area (Å²) in [6.07, 6.45) is 0.857. The predicted octanol–water partition coefficient (Wildman–Crippen LogP) is 1.63. The summed E-state index contributed by atoms with van der Waals surface area (Å²) in [6.45, 7) is 5.52. The van der Waals surface area contributed by atoms with Gasteiger partial charge in [0.2, 0.25) is 0 Å². The van der Waals surface area contributed by atoms with E-state index >= 15 is 0 Å². The van der Waals surface area contributed by atoms with Gasteiger partial charge in [-0.3, -0.25) is 4.79 Å². The van der Waals surface area contributed by atoms with Crippen molar-refractivity contribution in [3.63, 3.8) is 0 Å². The van der Waals surface area contributed by atoms with Gasteiger partial charge >= 0.3 is 0 Å². The molecule has 132 valence electrons. The Morgan fingerprint density at radius 3 is 2.60 bits per heavy atom. The molecule has 1 N–H and O–H groups in total. The van der Waals surface area contributed by atoms with E-state index in [1.54, 1.807) is 13.0 Å². The van der Waals surface area contributed by atoms with Gasteiger partial charge in [0.05, 0.1) is 0 Å². The molecule has 1 aromatic heterocycles. The summed E-state index contributed by atoms with van der Waals surface area (Å²) in [5.74, 6) is 1.73. The van der Waals surface area contributed by atoms with Gasteiger partial charge in [0.25, 0.3) is 5.91 Å². The van der Waals surface area contributed by atoms with Crippen LogP contribution >= 0.6 is 0 Å². The monoisotopic (exact) mass is 341 g/mol. The summed E-state index contributed by atoms with van der Waals surface area (Å²) < 4.78 is 5.64.